The number of hydrogen-bond donors (Lipinski definition) is 1. The van der Waals surface area contributed by atoms with E-state index in [4.69, 9.17) is 14.8 Å². The summed E-state index contributed by atoms with van der Waals surface area (Å²) in [5, 5.41) is 18.7. The van der Waals surface area contributed by atoms with Gasteiger partial charge >= 0.3 is 17.9 Å². The Morgan fingerprint density at radius 3 is 1.58 bits per heavy atom. The number of carboxylic acid groups (broad SMARTS) is 1. The number of benzene rings is 3. The van der Waals surface area contributed by atoms with Gasteiger partial charge in [-0.1, -0.05) is 22.4 Å². The second kappa shape index (κ2) is 10.9. The molecule has 0 bridgehead atoms. The molecule has 4 aromatic rings. The number of aliphatic imine (C=N–C) groups is 1. The van der Waals surface area contributed by atoms with Gasteiger partial charge in [0.1, 0.15) is 6.34 Å². The van der Waals surface area contributed by atoms with Gasteiger partial charge in [0, 0.05) is 24.6 Å². The molecule has 38 heavy (non-hydrogen) atoms. The molecule has 0 aliphatic heterocycles. The molecule has 0 spiro atoms. The van der Waals surface area contributed by atoms with Gasteiger partial charge < -0.3 is 14.8 Å². The molecule has 4 rings (SSSR count). The van der Waals surface area contributed by atoms with Crippen molar-refractivity contribution in [1.82, 2.24) is 4.57 Å². The van der Waals surface area contributed by atoms with Crippen molar-refractivity contribution in [2.24, 2.45) is 15.3 Å². The van der Waals surface area contributed by atoms with Crippen LogP contribution in [0, 0.1) is 0 Å². The van der Waals surface area contributed by atoms with Crippen LogP contribution in [0.3, 0.4) is 0 Å². The Kier molecular flexibility index (Phi) is 7.43. The fourth-order valence-corrected chi connectivity index (χ4v) is 3.81. The summed E-state index contributed by atoms with van der Waals surface area (Å²) in [6.07, 6.45) is 1.67. The van der Waals surface area contributed by atoms with Gasteiger partial charge in [-0.15, -0.1) is 0 Å². The summed E-state index contributed by atoms with van der Waals surface area (Å²) >= 11 is 0. The maximum absolute atomic E-state index is 11.2. The number of aromatic nitrogens is 1. The molecule has 1 heterocycles. The maximum atomic E-state index is 11.2. The van der Waals surface area contributed by atoms with E-state index in [9.17, 15) is 14.4 Å². The molecule has 1 aromatic heterocycles. The van der Waals surface area contributed by atoms with Gasteiger partial charge in [0.15, 0.2) is 0 Å². The zero-order valence-corrected chi connectivity index (χ0v) is 21.1. The Bertz CT molecular complexity index is 1570. The van der Waals surface area contributed by atoms with Crippen LogP contribution in [0.1, 0.15) is 49.2 Å². The lowest BCUT2D eigenvalue weighted by atomic mass is 10.0. The summed E-state index contributed by atoms with van der Waals surface area (Å²) in [6, 6.07) is 17.7. The molecular formula is C28H24N4O6. The SMILES string of the molecule is CC(=O)ON=C(C)c1ccc2c(c1)c1cc(C(C)=NOC(C)=O)ccc1n2C=Nc1ccc(C(=O)O)cc1. The second-order valence-corrected chi connectivity index (χ2v) is 8.45. The molecule has 0 saturated carbocycles. The van der Waals surface area contributed by atoms with Gasteiger partial charge in [0.2, 0.25) is 0 Å². The predicted octanol–water partition coefficient (Wildman–Crippen LogP) is 5.28. The van der Waals surface area contributed by atoms with Crippen molar-refractivity contribution in [3.05, 3.63) is 77.4 Å². The number of rotatable bonds is 7. The second-order valence-electron chi connectivity index (χ2n) is 8.45. The minimum Gasteiger partial charge on any atom is -0.478 e. The number of fused-ring (bicyclic) bond motifs is 3. The normalized spacial score (nSPS) is 12.3. The minimum atomic E-state index is -1.00. The van der Waals surface area contributed by atoms with Crippen molar-refractivity contribution in [2.45, 2.75) is 27.7 Å². The third kappa shape index (κ3) is 5.65. The molecule has 0 amide bonds. The first kappa shape index (κ1) is 26.0. The highest BCUT2D eigenvalue weighted by Gasteiger charge is 2.14. The van der Waals surface area contributed by atoms with E-state index in [1.807, 2.05) is 41.0 Å². The number of hydrogen-bond acceptors (Lipinski definition) is 8. The number of nitrogens with zero attached hydrogens (tertiary/aromatic N) is 4. The molecule has 192 valence electrons. The monoisotopic (exact) mass is 512 g/mol. The molecule has 3 aromatic carbocycles. The number of carbonyl (C=O) groups is 3. The average Bonchev–Trinajstić information content (AvgIpc) is 3.21. The van der Waals surface area contributed by atoms with Crippen LogP contribution in [0.2, 0.25) is 0 Å². The molecular weight excluding hydrogens is 488 g/mol. The van der Waals surface area contributed by atoms with Crippen LogP contribution in [0.15, 0.2) is 76.0 Å². The van der Waals surface area contributed by atoms with Crippen LogP contribution in [-0.2, 0) is 19.3 Å². The summed E-state index contributed by atoms with van der Waals surface area (Å²) in [6.45, 7) is 6.05. The number of carbonyl (C=O) groups excluding carboxylic acids is 2. The van der Waals surface area contributed by atoms with Crippen molar-refractivity contribution >= 4 is 63.2 Å². The van der Waals surface area contributed by atoms with Gasteiger partial charge in [-0.05, 0) is 73.5 Å². The van der Waals surface area contributed by atoms with Crippen molar-refractivity contribution < 1.29 is 29.2 Å². The van der Waals surface area contributed by atoms with Crippen LogP contribution >= 0.6 is 0 Å². The first-order valence-corrected chi connectivity index (χ1v) is 11.5. The van der Waals surface area contributed by atoms with Crippen molar-refractivity contribution in [3.63, 3.8) is 0 Å². The topological polar surface area (TPSA) is 132 Å². The van der Waals surface area contributed by atoms with Crippen LogP contribution in [0.4, 0.5) is 5.69 Å². The van der Waals surface area contributed by atoms with Crippen LogP contribution in [0.5, 0.6) is 0 Å². The lowest BCUT2D eigenvalue weighted by Gasteiger charge is -2.03. The summed E-state index contributed by atoms with van der Waals surface area (Å²) in [5.41, 5.74) is 5.04. The third-order valence-corrected chi connectivity index (χ3v) is 5.70. The molecule has 0 fully saturated rings. The van der Waals surface area contributed by atoms with Crippen molar-refractivity contribution in [3.8, 4) is 0 Å². The number of oxime groups is 2. The van der Waals surface area contributed by atoms with E-state index in [0.29, 0.717) is 17.1 Å². The Labute approximate surface area is 217 Å². The van der Waals surface area contributed by atoms with E-state index in [-0.39, 0.29) is 5.56 Å². The largest absolute Gasteiger partial charge is 0.478 e. The highest BCUT2D eigenvalue weighted by atomic mass is 16.7. The Morgan fingerprint density at radius 1 is 0.711 bits per heavy atom. The smallest absolute Gasteiger partial charge is 0.335 e. The van der Waals surface area contributed by atoms with Gasteiger partial charge in [0.05, 0.1) is 33.7 Å². The average molecular weight is 513 g/mol. The van der Waals surface area contributed by atoms with Gasteiger partial charge in [-0.2, -0.15) is 0 Å². The summed E-state index contributed by atoms with van der Waals surface area (Å²) in [5.74, 6) is -2.03. The summed E-state index contributed by atoms with van der Waals surface area (Å²) in [7, 11) is 0. The molecule has 10 nitrogen and oxygen atoms in total. The highest BCUT2D eigenvalue weighted by Crippen LogP contribution is 2.31. The molecule has 0 aliphatic carbocycles. The molecule has 0 aliphatic rings. The van der Waals surface area contributed by atoms with Crippen molar-refractivity contribution in [1.29, 1.82) is 0 Å². The van der Waals surface area contributed by atoms with Gasteiger partial charge in [-0.3, -0.25) is 4.57 Å². The molecule has 0 atom stereocenters. The Morgan fingerprint density at radius 2 is 1.16 bits per heavy atom. The molecule has 0 unspecified atom stereocenters. The summed E-state index contributed by atoms with van der Waals surface area (Å²) in [4.78, 5) is 47.7. The fourth-order valence-electron chi connectivity index (χ4n) is 3.81. The standard InChI is InChI=1S/C28H24N4O6/c1-16(30-37-18(3)33)21-7-11-26-24(13-21)25-14-22(17(2)31-38-19(4)34)8-12-27(25)32(26)15-29-23-9-5-20(6-10-23)28(35)36/h5-15H,1-4H3,(H,35,36). The molecule has 0 radical (unpaired) electrons. The van der Waals surface area contributed by atoms with Crippen LogP contribution in [-0.4, -0.2) is 45.3 Å². The lowest BCUT2D eigenvalue weighted by Crippen LogP contribution is -2.00. The number of aromatic carboxylic acids is 1. The zero-order valence-electron chi connectivity index (χ0n) is 21.1. The zero-order chi connectivity index (χ0) is 27.4. The predicted molar refractivity (Wildman–Crippen MR) is 144 cm³/mol. The first-order valence-electron chi connectivity index (χ1n) is 11.5. The quantitative estimate of drug-likeness (QED) is 0.155. The lowest BCUT2D eigenvalue weighted by molar-refractivity contribution is -0.141. The van der Waals surface area contributed by atoms with E-state index < -0.39 is 17.9 Å². The molecule has 10 heteroatoms. The number of carboxylic acids is 1. The van der Waals surface area contributed by atoms with E-state index in [1.54, 1.807) is 32.3 Å². The fraction of sp³-hybridized carbons (Fsp3) is 0.143. The highest BCUT2D eigenvalue weighted by molar-refractivity contribution is 6.15. The molecule has 0 saturated heterocycles. The van der Waals surface area contributed by atoms with E-state index >= 15 is 0 Å². The third-order valence-electron chi connectivity index (χ3n) is 5.70. The van der Waals surface area contributed by atoms with E-state index in [2.05, 4.69) is 15.3 Å². The van der Waals surface area contributed by atoms with Crippen LogP contribution < -0.4 is 0 Å². The van der Waals surface area contributed by atoms with E-state index in [0.717, 1.165) is 32.9 Å². The summed E-state index contributed by atoms with van der Waals surface area (Å²) < 4.78 is 1.92. The Balaban J connectivity index is 1.86. The minimum absolute atomic E-state index is 0.178. The first-order chi connectivity index (χ1) is 18.1. The van der Waals surface area contributed by atoms with E-state index in [1.165, 1.54) is 26.0 Å². The van der Waals surface area contributed by atoms with Gasteiger partial charge in [-0.25, -0.2) is 19.4 Å². The maximum Gasteiger partial charge on any atom is 0.335 e. The van der Waals surface area contributed by atoms with Crippen LogP contribution in [0.25, 0.3) is 21.8 Å². The van der Waals surface area contributed by atoms with Crippen molar-refractivity contribution in [2.75, 3.05) is 0 Å². The Hall–Kier alpha value is -5.12. The van der Waals surface area contributed by atoms with Gasteiger partial charge in [0.25, 0.3) is 0 Å². The molecule has 1 N–H and O–H groups in total.